The average Bonchev–Trinajstić information content (AvgIpc) is 1.91. The highest BCUT2D eigenvalue weighted by molar-refractivity contribution is 6.37. The highest BCUT2D eigenvalue weighted by atomic mass is 35.5. The van der Waals surface area contributed by atoms with Crippen molar-refractivity contribution >= 4 is 23.2 Å². The maximum atomic E-state index is 10.7. The van der Waals surface area contributed by atoms with Gasteiger partial charge in [0.15, 0.2) is 0 Å². The van der Waals surface area contributed by atoms with Crippen molar-refractivity contribution in [1.29, 1.82) is 0 Å². The zero-order valence-corrected chi connectivity index (χ0v) is 5.77. The molecule has 2 rings (SSSR count). The van der Waals surface area contributed by atoms with Crippen molar-refractivity contribution in [3.63, 3.8) is 0 Å². The molecule has 1 aliphatic rings. The van der Waals surface area contributed by atoms with Crippen LogP contribution in [0.3, 0.4) is 0 Å². The number of halogens is 1. The van der Waals surface area contributed by atoms with Crippen LogP contribution in [0.4, 0.5) is 5.69 Å². The molecule has 0 spiro atoms. The van der Waals surface area contributed by atoms with Gasteiger partial charge in [-0.2, -0.15) is 0 Å². The fourth-order valence-electron chi connectivity index (χ4n) is 0.959. The highest BCUT2D eigenvalue weighted by Gasteiger charge is 2.23. The summed E-state index contributed by atoms with van der Waals surface area (Å²) in [7, 11) is 0. The lowest BCUT2D eigenvalue weighted by atomic mass is 10.1. The second kappa shape index (κ2) is 1.73. The zero-order valence-electron chi connectivity index (χ0n) is 5.02. The van der Waals surface area contributed by atoms with Gasteiger partial charge in [0.2, 0.25) is 0 Å². The topological polar surface area (TPSA) is 29.1 Å². The van der Waals surface area contributed by atoms with E-state index >= 15 is 0 Å². The molecule has 3 heteroatoms. The lowest BCUT2D eigenvalue weighted by Gasteiger charge is -2.19. The number of carbonyl (C=O) groups excluding carboxylic acids is 1. The highest BCUT2D eigenvalue weighted by Crippen LogP contribution is 2.32. The molecule has 1 amide bonds. The third-order valence-corrected chi connectivity index (χ3v) is 1.81. The van der Waals surface area contributed by atoms with Crippen LogP contribution in [0.5, 0.6) is 0 Å². The van der Waals surface area contributed by atoms with Crippen molar-refractivity contribution in [3.8, 4) is 0 Å². The number of carbonyl (C=O) groups is 1. The minimum atomic E-state index is -0.0440. The van der Waals surface area contributed by atoms with E-state index in [-0.39, 0.29) is 5.91 Å². The largest absolute Gasteiger partial charge is 0.320 e. The van der Waals surface area contributed by atoms with Gasteiger partial charge in [-0.1, -0.05) is 17.7 Å². The molecule has 0 atom stereocenters. The average molecular weight is 154 g/mol. The first kappa shape index (κ1) is 5.74. The maximum Gasteiger partial charge on any atom is 0.257 e. The Labute approximate surface area is 62.8 Å². The minimum absolute atomic E-state index is 0.0440. The van der Waals surface area contributed by atoms with Crippen LogP contribution in [0.1, 0.15) is 10.4 Å². The molecule has 0 fully saturated rings. The quantitative estimate of drug-likeness (QED) is 0.606. The van der Waals surface area contributed by atoms with Crippen LogP contribution >= 0.6 is 11.6 Å². The molecule has 1 aromatic carbocycles. The van der Waals surface area contributed by atoms with Crippen LogP contribution in [0.25, 0.3) is 0 Å². The van der Waals surface area contributed by atoms with E-state index in [9.17, 15) is 4.79 Å². The van der Waals surface area contributed by atoms with Crippen molar-refractivity contribution in [2.45, 2.75) is 0 Å². The van der Waals surface area contributed by atoms with E-state index in [1.54, 1.807) is 18.2 Å². The molecule has 1 N–H and O–H groups in total. The number of anilines is 1. The van der Waals surface area contributed by atoms with Crippen molar-refractivity contribution in [2.75, 3.05) is 5.32 Å². The molecule has 0 radical (unpaired) electrons. The smallest absolute Gasteiger partial charge is 0.257 e. The second-order valence-corrected chi connectivity index (χ2v) is 2.52. The van der Waals surface area contributed by atoms with Crippen molar-refractivity contribution in [3.05, 3.63) is 28.8 Å². The number of fused-ring (bicyclic) bond motifs is 1. The fraction of sp³-hybridized carbons (Fsp3) is 0. The van der Waals surface area contributed by atoms with E-state index in [0.717, 1.165) is 5.69 Å². The Morgan fingerprint density at radius 3 is 2.80 bits per heavy atom. The number of hydrogen-bond acceptors (Lipinski definition) is 1. The lowest BCUT2D eigenvalue weighted by molar-refractivity contribution is 0.101. The summed E-state index contributed by atoms with van der Waals surface area (Å²) in [6.45, 7) is 0. The predicted molar refractivity (Wildman–Crippen MR) is 39.4 cm³/mol. The van der Waals surface area contributed by atoms with Crippen LogP contribution < -0.4 is 5.32 Å². The summed E-state index contributed by atoms with van der Waals surface area (Å²) in [5.41, 5.74) is 1.45. The molecule has 0 unspecified atom stereocenters. The third-order valence-electron chi connectivity index (χ3n) is 1.50. The van der Waals surface area contributed by atoms with E-state index in [1.807, 2.05) is 0 Å². The van der Waals surface area contributed by atoms with Gasteiger partial charge in [-0.3, -0.25) is 4.79 Å². The molecule has 10 heavy (non-hydrogen) atoms. The Hall–Kier alpha value is -1.02. The monoisotopic (exact) mass is 153 g/mol. The maximum absolute atomic E-state index is 10.7. The van der Waals surface area contributed by atoms with Crippen molar-refractivity contribution in [1.82, 2.24) is 0 Å². The lowest BCUT2D eigenvalue weighted by Crippen LogP contribution is -2.24. The molecule has 2 nitrogen and oxygen atoms in total. The van der Waals surface area contributed by atoms with E-state index in [1.165, 1.54) is 0 Å². The molecular formula is C7H4ClNO. The molecule has 1 heterocycles. The van der Waals surface area contributed by atoms with Gasteiger partial charge >= 0.3 is 0 Å². The summed E-state index contributed by atoms with van der Waals surface area (Å²) in [6, 6.07) is 5.26. The number of rotatable bonds is 0. The molecule has 0 aromatic heterocycles. The van der Waals surface area contributed by atoms with Gasteiger partial charge < -0.3 is 5.32 Å². The standard InChI is InChI=1S/C7H4ClNO/c8-5-3-1-2-4-6(5)9-7(4)10/h1-3H,(H,9,10). The van der Waals surface area contributed by atoms with E-state index < -0.39 is 0 Å². The molecule has 1 aromatic rings. The molecule has 0 bridgehead atoms. The Balaban J connectivity index is 2.66. The zero-order chi connectivity index (χ0) is 7.14. The second-order valence-electron chi connectivity index (χ2n) is 2.12. The summed E-state index contributed by atoms with van der Waals surface area (Å²) in [5, 5.41) is 3.19. The molecule has 50 valence electrons. The summed E-state index contributed by atoms with van der Waals surface area (Å²) in [5.74, 6) is -0.0440. The van der Waals surface area contributed by atoms with Gasteiger partial charge in [0.05, 0.1) is 16.3 Å². The fourth-order valence-corrected chi connectivity index (χ4v) is 1.18. The van der Waals surface area contributed by atoms with E-state index in [2.05, 4.69) is 5.32 Å². The first-order valence-electron chi connectivity index (χ1n) is 2.89. The van der Waals surface area contributed by atoms with Crippen LogP contribution in [-0.4, -0.2) is 5.91 Å². The van der Waals surface area contributed by atoms with E-state index in [4.69, 9.17) is 11.6 Å². The van der Waals surface area contributed by atoms with Crippen molar-refractivity contribution in [2.24, 2.45) is 0 Å². The van der Waals surface area contributed by atoms with Crippen LogP contribution in [0, 0.1) is 0 Å². The van der Waals surface area contributed by atoms with Gasteiger partial charge in [-0.15, -0.1) is 0 Å². The van der Waals surface area contributed by atoms with Crippen LogP contribution in [0.15, 0.2) is 18.2 Å². The Morgan fingerprint density at radius 2 is 2.20 bits per heavy atom. The van der Waals surface area contributed by atoms with Crippen LogP contribution in [-0.2, 0) is 0 Å². The first-order chi connectivity index (χ1) is 4.79. The van der Waals surface area contributed by atoms with Crippen molar-refractivity contribution < 1.29 is 4.79 Å². The summed E-state index contributed by atoms with van der Waals surface area (Å²) >= 11 is 5.72. The van der Waals surface area contributed by atoms with Gasteiger partial charge in [0.1, 0.15) is 0 Å². The predicted octanol–water partition coefficient (Wildman–Crippen LogP) is 1.91. The Bertz CT molecular complexity index is 308. The normalized spacial score (nSPS) is 13.5. The third kappa shape index (κ3) is 0.567. The summed E-state index contributed by atoms with van der Waals surface area (Å²) in [6.07, 6.45) is 0. The molecule has 0 saturated heterocycles. The van der Waals surface area contributed by atoms with Gasteiger partial charge in [0.25, 0.3) is 5.91 Å². The first-order valence-corrected chi connectivity index (χ1v) is 3.27. The molecule has 0 saturated carbocycles. The minimum Gasteiger partial charge on any atom is -0.320 e. The van der Waals surface area contributed by atoms with Crippen LogP contribution in [0.2, 0.25) is 5.02 Å². The Morgan fingerprint density at radius 1 is 1.40 bits per heavy atom. The van der Waals surface area contributed by atoms with Gasteiger partial charge in [0, 0.05) is 0 Å². The number of hydrogen-bond donors (Lipinski definition) is 1. The molecular weight excluding hydrogens is 150 g/mol. The van der Waals surface area contributed by atoms with Gasteiger partial charge in [-0.25, -0.2) is 0 Å². The number of para-hydroxylation sites is 1. The Kier molecular flexibility index (Phi) is 0.995. The summed E-state index contributed by atoms with van der Waals surface area (Å²) < 4.78 is 0. The number of benzene rings is 1. The SMILES string of the molecule is O=C1Nc2c(Cl)cccc21. The van der Waals surface area contributed by atoms with Gasteiger partial charge in [-0.05, 0) is 12.1 Å². The van der Waals surface area contributed by atoms with E-state index in [0.29, 0.717) is 10.6 Å². The molecule has 0 aliphatic carbocycles. The number of nitrogens with one attached hydrogen (secondary N) is 1. The molecule has 1 aliphatic heterocycles. The summed E-state index contributed by atoms with van der Waals surface area (Å²) in [4.78, 5) is 10.7. The number of amides is 1.